The van der Waals surface area contributed by atoms with E-state index in [1.54, 1.807) is 18.0 Å². The molecule has 0 radical (unpaired) electrons. The second kappa shape index (κ2) is 18.5. The van der Waals surface area contributed by atoms with Gasteiger partial charge in [0.25, 0.3) is 5.91 Å². The summed E-state index contributed by atoms with van der Waals surface area (Å²) in [5, 5.41) is 15.4. The maximum atomic E-state index is 13.3. The molecule has 0 bridgehead atoms. The zero-order valence-corrected chi connectivity index (χ0v) is 35.3. The number of hydrogen-bond donors (Lipinski definition) is 3. The van der Waals surface area contributed by atoms with Crippen molar-refractivity contribution in [2.24, 2.45) is 5.41 Å². The van der Waals surface area contributed by atoms with Gasteiger partial charge in [0.15, 0.2) is 0 Å². The number of fused-ring (bicyclic) bond motifs is 5. The van der Waals surface area contributed by atoms with Crippen LogP contribution < -0.4 is 15.4 Å². The quantitative estimate of drug-likeness (QED) is 0.163. The van der Waals surface area contributed by atoms with Crippen LogP contribution in [0.25, 0.3) is 0 Å². The molecule has 2 aliphatic carbocycles. The number of piperidine rings is 1. The molecule has 61 heavy (non-hydrogen) atoms. The molecule has 1 atom stereocenters. The second-order valence-electron chi connectivity index (χ2n) is 17.8. The lowest BCUT2D eigenvalue weighted by Crippen LogP contribution is -2.66. The molecule has 10 rings (SSSR count). The molecule has 4 aromatic rings. The number of ether oxygens (including phenoxy) is 1. The third-order valence-corrected chi connectivity index (χ3v) is 13.7. The van der Waals surface area contributed by atoms with E-state index in [9.17, 15) is 24.3 Å². The van der Waals surface area contributed by atoms with Gasteiger partial charge < -0.3 is 35.1 Å². The van der Waals surface area contributed by atoms with Gasteiger partial charge in [-0.3, -0.25) is 19.3 Å². The fraction of sp³-hybridized carbons (Fsp3) is 0.440. The van der Waals surface area contributed by atoms with Crippen molar-refractivity contribution >= 4 is 29.7 Å². The smallest absolute Gasteiger partial charge is 0.255 e. The number of carbonyl (C=O) groups excluding carboxylic acids is 4. The van der Waals surface area contributed by atoms with Crippen LogP contribution in [0.15, 0.2) is 97.1 Å². The first-order valence-corrected chi connectivity index (χ1v) is 22.1. The zero-order chi connectivity index (χ0) is 42.4. The van der Waals surface area contributed by atoms with E-state index in [0.717, 1.165) is 68.4 Å². The maximum absolute atomic E-state index is 13.3. The number of aromatic hydroxyl groups is 1. The average Bonchev–Trinajstić information content (AvgIpc) is 3.80. The van der Waals surface area contributed by atoms with Gasteiger partial charge >= 0.3 is 0 Å². The van der Waals surface area contributed by atoms with Gasteiger partial charge in [-0.05, 0) is 105 Å². The molecule has 11 heteroatoms. The minimum Gasteiger partial charge on any atom is -0.508 e. The summed E-state index contributed by atoms with van der Waals surface area (Å²) in [6, 6.07) is 31.8. The minimum atomic E-state index is -0.705. The molecule has 2 saturated heterocycles. The number of phenols is 1. The number of rotatable bonds is 9. The molecule has 4 aliphatic heterocycles. The number of para-hydroxylation sites is 1. The number of carbonyl (C=O) groups is 4. The normalized spacial score (nSPS) is 19.6. The Morgan fingerprint density at radius 1 is 0.902 bits per heavy atom. The van der Waals surface area contributed by atoms with Crippen molar-refractivity contribution in [3.63, 3.8) is 0 Å². The largest absolute Gasteiger partial charge is 0.508 e. The molecule has 4 aromatic carbocycles. The molecule has 6 aliphatic rings. The summed E-state index contributed by atoms with van der Waals surface area (Å²) in [4.78, 5) is 56.1. The number of likely N-dealkylation sites (tertiary alicyclic amines) is 2. The summed E-state index contributed by atoms with van der Waals surface area (Å²) < 4.78 is 6.30. The first kappa shape index (κ1) is 42.0. The maximum Gasteiger partial charge on any atom is 0.255 e. The Bertz CT molecular complexity index is 2150. The SMILES string of the molecule is CNC(=O)C(CCC=O)N1Cc2c(ccc3c2OCC32CCN(C(=O)CN3CC4(CC(Nc5ccccc5)C4)C3)CC2)C1=O.Oc1ccc2c(c1)CCCC2.c1ccccc1. The van der Waals surface area contributed by atoms with Crippen molar-refractivity contribution in [1.29, 1.82) is 0 Å². The summed E-state index contributed by atoms with van der Waals surface area (Å²) in [5.74, 6) is 0.897. The van der Waals surface area contributed by atoms with Crippen LogP contribution in [-0.2, 0) is 39.2 Å². The van der Waals surface area contributed by atoms with Crippen molar-refractivity contribution in [3.05, 3.63) is 125 Å². The predicted octanol–water partition coefficient (Wildman–Crippen LogP) is 6.52. The van der Waals surface area contributed by atoms with Crippen LogP contribution in [0.3, 0.4) is 0 Å². The van der Waals surface area contributed by atoms with Gasteiger partial charge in [-0.2, -0.15) is 0 Å². The Hall–Kier alpha value is -5.68. The average molecular weight is 826 g/mol. The predicted molar refractivity (Wildman–Crippen MR) is 236 cm³/mol. The molecule has 3 fully saturated rings. The zero-order valence-electron chi connectivity index (χ0n) is 35.3. The molecule has 0 aromatic heterocycles. The number of amides is 3. The van der Waals surface area contributed by atoms with Gasteiger partial charge in [-0.1, -0.05) is 66.7 Å². The Morgan fingerprint density at radius 3 is 2.25 bits per heavy atom. The van der Waals surface area contributed by atoms with Crippen LogP contribution in [0.5, 0.6) is 11.5 Å². The number of benzene rings is 4. The molecule has 1 saturated carbocycles. The summed E-state index contributed by atoms with van der Waals surface area (Å²) in [7, 11) is 1.54. The second-order valence-corrected chi connectivity index (χ2v) is 17.8. The molecule has 11 nitrogen and oxygen atoms in total. The van der Waals surface area contributed by atoms with Gasteiger partial charge in [0.05, 0.1) is 19.7 Å². The van der Waals surface area contributed by atoms with E-state index in [4.69, 9.17) is 4.74 Å². The molecule has 3 amide bonds. The number of hydrogen-bond acceptors (Lipinski definition) is 8. The van der Waals surface area contributed by atoms with Crippen LogP contribution in [0.4, 0.5) is 5.69 Å². The Morgan fingerprint density at radius 2 is 1.57 bits per heavy atom. The Labute approximate surface area is 359 Å². The van der Waals surface area contributed by atoms with Crippen LogP contribution in [0.2, 0.25) is 0 Å². The highest BCUT2D eigenvalue weighted by atomic mass is 16.5. The van der Waals surface area contributed by atoms with Crippen LogP contribution in [0, 0.1) is 5.41 Å². The van der Waals surface area contributed by atoms with E-state index in [2.05, 4.69) is 39.8 Å². The van der Waals surface area contributed by atoms with E-state index in [0.29, 0.717) is 49.0 Å². The van der Waals surface area contributed by atoms with Crippen molar-refractivity contribution in [3.8, 4) is 11.5 Å². The summed E-state index contributed by atoms with van der Waals surface area (Å²) in [6.07, 6.45) is 10.1. The number of nitrogens with zero attached hydrogens (tertiary/aromatic N) is 3. The lowest BCUT2D eigenvalue weighted by atomic mass is 9.60. The monoisotopic (exact) mass is 825 g/mol. The molecule has 3 N–H and O–H groups in total. The van der Waals surface area contributed by atoms with E-state index in [-0.39, 0.29) is 42.5 Å². The van der Waals surface area contributed by atoms with Gasteiger partial charge in [-0.15, -0.1) is 0 Å². The van der Waals surface area contributed by atoms with Crippen molar-refractivity contribution < 1.29 is 29.0 Å². The number of aryl methyl sites for hydroxylation is 2. The number of anilines is 1. The molecule has 320 valence electrons. The molecular weight excluding hydrogens is 767 g/mol. The molecular formula is C50H59N5O6. The highest BCUT2D eigenvalue weighted by molar-refractivity contribution is 6.02. The first-order valence-electron chi connectivity index (χ1n) is 22.1. The summed E-state index contributed by atoms with van der Waals surface area (Å²) >= 11 is 0. The fourth-order valence-corrected chi connectivity index (χ4v) is 10.4. The third kappa shape index (κ3) is 9.17. The van der Waals surface area contributed by atoms with E-state index < -0.39 is 6.04 Å². The summed E-state index contributed by atoms with van der Waals surface area (Å²) in [5.41, 5.74) is 6.64. The number of phenolic OH excluding ortho intramolecular Hbond substituents is 1. The highest BCUT2D eigenvalue weighted by Gasteiger charge is 2.53. The van der Waals surface area contributed by atoms with Crippen molar-refractivity contribution in [1.82, 2.24) is 20.0 Å². The van der Waals surface area contributed by atoms with Gasteiger partial charge in [0.2, 0.25) is 11.8 Å². The van der Waals surface area contributed by atoms with Crippen LogP contribution in [-0.4, -0.2) is 102 Å². The van der Waals surface area contributed by atoms with E-state index in [1.165, 1.54) is 36.1 Å². The van der Waals surface area contributed by atoms with Crippen LogP contribution >= 0.6 is 0 Å². The molecule has 1 unspecified atom stereocenters. The van der Waals surface area contributed by atoms with E-state index >= 15 is 0 Å². The Balaban J connectivity index is 0.000000249. The highest BCUT2D eigenvalue weighted by Crippen LogP contribution is 2.51. The lowest BCUT2D eigenvalue weighted by molar-refractivity contribution is -0.140. The van der Waals surface area contributed by atoms with E-state index in [1.807, 2.05) is 71.6 Å². The number of likely N-dealkylation sites (N-methyl/N-ethyl adjacent to an activating group) is 1. The van der Waals surface area contributed by atoms with Crippen LogP contribution in [0.1, 0.15) is 84.0 Å². The number of aldehydes is 1. The fourth-order valence-electron chi connectivity index (χ4n) is 10.4. The topological polar surface area (TPSA) is 132 Å². The van der Waals surface area contributed by atoms with Crippen molar-refractivity contribution in [2.75, 3.05) is 51.7 Å². The first-order chi connectivity index (χ1) is 29.7. The molecule has 2 spiro atoms. The van der Waals surface area contributed by atoms with Gasteiger partial charge in [0.1, 0.15) is 23.8 Å². The van der Waals surface area contributed by atoms with Gasteiger partial charge in [0, 0.05) is 73.5 Å². The minimum absolute atomic E-state index is 0.178. The van der Waals surface area contributed by atoms with Gasteiger partial charge in [-0.25, -0.2) is 0 Å². The molecule has 4 heterocycles. The Kier molecular flexibility index (Phi) is 12.8. The summed E-state index contributed by atoms with van der Waals surface area (Å²) in [6.45, 7) is 4.69. The number of nitrogens with one attached hydrogen (secondary N) is 2. The standard InChI is InChI=1S/C34H41N5O5.C10H12O.C6H6/c1-35-31(42)28(8-5-15-40)39-18-26-25(32(39)43)9-10-27-30(26)44-22-34(27)11-13-38(14-12-34)29(41)19-37-20-33(21-37)16-24(17-33)36-23-6-3-2-4-7-23;11-10-6-5-8-3-1-2-4-9(8)7-10;1-2-4-6-5-3-1/h2-4,6-7,9-10,15,24,28,36H,5,8,11-14,16-22H2,1H3,(H,35,42);5-7,11H,1-4H2;1-6H. The third-order valence-electron chi connectivity index (χ3n) is 13.7. The van der Waals surface area contributed by atoms with Crippen molar-refractivity contribution in [2.45, 2.75) is 88.3 Å². The lowest BCUT2D eigenvalue weighted by Gasteiger charge is -2.59.